The highest BCUT2D eigenvalue weighted by molar-refractivity contribution is 5.93. The molecule has 0 radical (unpaired) electrons. The molecule has 6 heteroatoms. The van der Waals surface area contributed by atoms with Crippen molar-refractivity contribution in [3.63, 3.8) is 0 Å². The molecule has 0 fully saturated rings. The van der Waals surface area contributed by atoms with E-state index in [1.807, 2.05) is 13.8 Å². The van der Waals surface area contributed by atoms with Gasteiger partial charge in [0, 0.05) is 13.2 Å². The van der Waals surface area contributed by atoms with E-state index < -0.39 is 11.4 Å². The van der Waals surface area contributed by atoms with Gasteiger partial charge in [0.25, 0.3) is 5.91 Å². The number of nitriles is 1. The summed E-state index contributed by atoms with van der Waals surface area (Å²) in [4.78, 5) is 11.9. The van der Waals surface area contributed by atoms with E-state index in [0.29, 0.717) is 18.6 Å². The molecule has 1 aromatic heterocycles. The van der Waals surface area contributed by atoms with Gasteiger partial charge in [-0.05, 0) is 12.8 Å². The molecule has 0 aliphatic heterocycles. The van der Waals surface area contributed by atoms with Gasteiger partial charge < -0.3 is 14.6 Å². The topological polar surface area (TPSA) is 88.2 Å². The van der Waals surface area contributed by atoms with Crippen molar-refractivity contribution in [1.82, 2.24) is 10.5 Å². The molecule has 0 saturated carbocycles. The third-order valence-electron chi connectivity index (χ3n) is 2.85. The van der Waals surface area contributed by atoms with E-state index in [0.717, 1.165) is 0 Å². The molecule has 0 unspecified atom stereocenters. The normalized spacial score (nSPS) is 11.0. The predicted octanol–water partition coefficient (Wildman–Crippen LogP) is 1.63. The highest BCUT2D eigenvalue weighted by atomic mass is 16.5. The first kappa shape index (κ1) is 14.2. The number of amides is 1. The zero-order valence-electron chi connectivity index (χ0n) is 10.8. The number of rotatable bonds is 6. The molecule has 6 nitrogen and oxygen atoms in total. The molecule has 0 atom stereocenters. The number of methoxy groups -OCH3 is 1. The second kappa shape index (κ2) is 6.17. The summed E-state index contributed by atoms with van der Waals surface area (Å²) in [7, 11) is 1.52. The smallest absolute Gasteiger partial charge is 0.274 e. The zero-order chi connectivity index (χ0) is 13.6. The van der Waals surface area contributed by atoms with Gasteiger partial charge in [0.1, 0.15) is 12.1 Å². The minimum Gasteiger partial charge on any atom is -0.377 e. The Kier molecular flexibility index (Phi) is 4.86. The van der Waals surface area contributed by atoms with Crippen LogP contribution in [0.1, 0.15) is 42.9 Å². The lowest BCUT2D eigenvalue weighted by Crippen LogP contribution is -2.46. The molecule has 1 amide bonds. The number of carbonyl (C=O) groups excluding carboxylic acids is 1. The minimum atomic E-state index is -0.850. The van der Waals surface area contributed by atoms with Crippen molar-refractivity contribution >= 4 is 5.91 Å². The maximum atomic E-state index is 11.9. The van der Waals surface area contributed by atoms with Gasteiger partial charge in [0.05, 0.1) is 6.07 Å². The SMILES string of the molecule is CCC(C#N)(CC)NC(=O)c1cc(COC)on1. The van der Waals surface area contributed by atoms with Crippen LogP contribution in [0.3, 0.4) is 0 Å². The van der Waals surface area contributed by atoms with Gasteiger partial charge in [-0.15, -0.1) is 0 Å². The van der Waals surface area contributed by atoms with Crippen molar-refractivity contribution in [3.8, 4) is 6.07 Å². The Balaban J connectivity index is 2.78. The van der Waals surface area contributed by atoms with Crippen LogP contribution in [0.25, 0.3) is 0 Å². The molecule has 1 aromatic rings. The average Bonchev–Trinajstić information content (AvgIpc) is 2.85. The molecule has 0 saturated heterocycles. The van der Waals surface area contributed by atoms with Crippen LogP contribution in [-0.4, -0.2) is 23.7 Å². The maximum Gasteiger partial charge on any atom is 0.274 e. The van der Waals surface area contributed by atoms with Crippen LogP contribution >= 0.6 is 0 Å². The van der Waals surface area contributed by atoms with E-state index in [-0.39, 0.29) is 12.3 Å². The van der Waals surface area contributed by atoms with Gasteiger partial charge in [-0.1, -0.05) is 19.0 Å². The number of nitrogens with one attached hydrogen (secondary N) is 1. The fraction of sp³-hybridized carbons (Fsp3) is 0.583. The Morgan fingerprint density at radius 1 is 1.61 bits per heavy atom. The average molecular weight is 251 g/mol. The number of ether oxygens (including phenoxy) is 1. The number of nitrogens with zero attached hydrogens (tertiary/aromatic N) is 2. The summed E-state index contributed by atoms with van der Waals surface area (Å²) < 4.78 is 9.79. The van der Waals surface area contributed by atoms with Crippen LogP contribution in [0, 0.1) is 11.3 Å². The first-order valence-corrected chi connectivity index (χ1v) is 5.79. The van der Waals surface area contributed by atoms with Crippen molar-refractivity contribution in [2.45, 2.75) is 38.8 Å². The summed E-state index contributed by atoms with van der Waals surface area (Å²) >= 11 is 0. The maximum absolute atomic E-state index is 11.9. The number of aromatic nitrogens is 1. The molecule has 0 aliphatic carbocycles. The standard InChI is InChI=1S/C12H17N3O3/c1-4-12(5-2,8-13)14-11(16)10-6-9(7-17-3)18-15-10/h6H,4-5,7H2,1-3H3,(H,14,16). The van der Waals surface area contributed by atoms with Crippen molar-refractivity contribution in [3.05, 3.63) is 17.5 Å². The van der Waals surface area contributed by atoms with Crippen LogP contribution in [0.15, 0.2) is 10.6 Å². The van der Waals surface area contributed by atoms with Gasteiger partial charge in [-0.25, -0.2) is 0 Å². The second-order valence-corrected chi connectivity index (χ2v) is 3.97. The second-order valence-electron chi connectivity index (χ2n) is 3.97. The van der Waals surface area contributed by atoms with Crippen LogP contribution < -0.4 is 5.32 Å². The Morgan fingerprint density at radius 2 is 2.28 bits per heavy atom. The Morgan fingerprint density at radius 3 is 2.78 bits per heavy atom. The van der Waals surface area contributed by atoms with E-state index in [4.69, 9.17) is 14.5 Å². The molecular weight excluding hydrogens is 234 g/mol. The first-order valence-electron chi connectivity index (χ1n) is 5.79. The minimum absolute atomic E-state index is 0.156. The predicted molar refractivity (Wildman–Crippen MR) is 63.6 cm³/mol. The number of carbonyl (C=O) groups is 1. The van der Waals surface area contributed by atoms with Crippen LogP contribution in [0.5, 0.6) is 0 Å². The molecule has 0 spiro atoms. The number of hydrogen-bond donors (Lipinski definition) is 1. The van der Waals surface area contributed by atoms with E-state index >= 15 is 0 Å². The molecule has 98 valence electrons. The van der Waals surface area contributed by atoms with Crippen LogP contribution in [0.2, 0.25) is 0 Å². The zero-order valence-corrected chi connectivity index (χ0v) is 10.8. The van der Waals surface area contributed by atoms with Crippen molar-refractivity contribution < 1.29 is 14.1 Å². The van der Waals surface area contributed by atoms with E-state index in [1.165, 1.54) is 13.2 Å². The van der Waals surface area contributed by atoms with Crippen molar-refractivity contribution in [2.75, 3.05) is 7.11 Å². The van der Waals surface area contributed by atoms with E-state index in [1.54, 1.807) is 0 Å². The number of hydrogen-bond acceptors (Lipinski definition) is 5. The summed E-state index contributed by atoms with van der Waals surface area (Å²) in [6.07, 6.45) is 1.07. The lowest BCUT2D eigenvalue weighted by Gasteiger charge is -2.24. The third-order valence-corrected chi connectivity index (χ3v) is 2.85. The van der Waals surface area contributed by atoms with Crippen molar-refractivity contribution in [2.24, 2.45) is 0 Å². The van der Waals surface area contributed by atoms with Gasteiger partial charge in [0.2, 0.25) is 0 Å². The third kappa shape index (κ3) is 3.08. The molecule has 1 rings (SSSR count). The summed E-state index contributed by atoms with van der Waals surface area (Å²) in [5.74, 6) is 0.0598. The molecule has 0 aromatic carbocycles. The highest BCUT2D eigenvalue weighted by Gasteiger charge is 2.29. The van der Waals surface area contributed by atoms with Gasteiger partial charge in [-0.3, -0.25) is 4.79 Å². The lowest BCUT2D eigenvalue weighted by molar-refractivity contribution is 0.0905. The highest BCUT2D eigenvalue weighted by Crippen LogP contribution is 2.15. The summed E-state index contributed by atoms with van der Waals surface area (Å²) in [6.45, 7) is 3.96. The molecule has 1 N–H and O–H groups in total. The quantitative estimate of drug-likeness (QED) is 0.830. The van der Waals surface area contributed by atoms with E-state index in [9.17, 15) is 4.79 Å². The Bertz CT molecular complexity index is 444. The van der Waals surface area contributed by atoms with Crippen molar-refractivity contribution in [1.29, 1.82) is 5.26 Å². The molecule has 1 heterocycles. The summed E-state index contributed by atoms with van der Waals surface area (Å²) in [5.41, 5.74) is -0.694. The van der Waals surface area contributed by atoms with Gasteiger partial charge in [-0.2, -0.15) is 5.26 Å². The summed E-state index contributed by atoms with van der Waals surface area (Å²) in [5, 5.41) is 15.5. The monoisotopic (exact) mass is 251 g/mol. The molecule has 18 heavy (non-hydrogen) atoms. The molecule has 0 aliphatic rings. The van der Waals surface area contributed by atoms with Gasteiger partial charge >= 0.3 is 0 Å². The molecular formula is C12H17N3O3. The van der Waals surface area contributed by atoms with E-state index in [2.05, 4.69) is 16.5 Å². The van der Waals surface area contributed by atoms with Crippen LogP contribution in [-0.2, 0) is 11.3 Å². The Labute approximate surface area is 106 Å². The lowest BCUT2D eigenvalue weighted by atomic mass is 9.94. The fourth-order valence-electron chi connectivity index (χ4n) is 1.52. The summed E-state index contributed by atoms with van der Waals surface area (Å²) in [6, 6.07) is 3.64. The largest absolute Gasteiger partial charge is 0.377 e. The van der Waals surface area contributed by atoms with Crippen LogP contribution in [0.4, 0.5) is 0 Å². The fourth-order valence-corrected chi connectivity index (χ4v) is 1.52. The Hall–Kier alpha value is -1.87. The first-order chi connectivity index (χ1) is 8.60. The molecule has 0 bridgehead atoms. The van der Waals surface area contributed by atoms with Gasteiger partial charge in [0.15, 0.2) is 11.5 Å².